The van der Waals surface area contributed by atoms with Crippen LogP contribution in [-0.4, -0.2) is 17.0 Å². The van der Waals surface area contributed by atoms with Gasteiger partial charge in [0.05, 0.1) is 5.92 Å². The number of amides is 1. The Morgan fingerprint density at radius 1 is 1.29 bits per heavy atom. The van der Waals surface area contributed by atoms with E-state index in [0.717, 1.165) is 12.0 Å². The largest absolute Gasteiger partial charge is 0.481 e. The second kappa shape index (κ2) is 6.03. The molecule has 4 nitrogen and oxygen atoms in total. The molecule has 0 aliphatic rings. The van der Waals surface area contributed by atoms with E-state index in [1.54, 1.807) is 24.3 Å². The molecule has 0 radical (unpaired) electrons. The Bertz CT molecular complexity index is 398. The van der Waals surface area contributed by atoms with Crippen LogP contribution in [0.3, 0.4) is 0 Å². The third kappa shape index (κ3) is 3.90. The number of rotatable bonds is 5. The predicted molar refractivity (Wildman–Crippen MR) is 66.0 cm³/mol. The first-order valence-corrected chi connectivity index (χ1v) is 5.65. The molecule has 2 N–H and O–H groups in total. The van der Waals surface area contributed by atoms with Crippen LogP contribution < -0.4 is 5.32 Å². The van der Waals surface area contributed by atoms with Crippen LogP contribution in [0.25, 0.3) is 0 Å². The molecule has 17 heavy (non-hydrogen) atoms. The lowest BCUT2D eigenvalue weighted by Gasteiger charge is -2.12. The average Bonchev–Trinajstić information content (AvgIpc) is 2.26. The van der Waals surface area contributed by atoms with E-state index in [4.69, 9.17) is 5.11 Å². The van der Waals surface area contributed by atoms with Gasteiger partial charge in [0.1, 0.15) is 0 Å². The van der Waals surface area contributed by atoms with E-state index in [0.29, 0.717) is 12.1 Å². The number of hydrogen-bond acceptors (Lipinski definition) is 2. The van der Waals surface area contributed by atoms with Gasteiger partial charge in [-0.25, -0.2) is 0 Å². The van der Waals surface area contributed by atoms with Gasteiger partial charge in [0, 0.05) is 12.6 Å². The summed E-state index contributed by atoms with van der Waals surface area (Å²) in [5.74, 6) is -1.41. The van der Waals surface area contributed by atoms with Gasteiger partial charge in [-0.3, -0.25) is 9.59 Å². The molecule has 1 atom stereocenters. The number of aliphatic carboxylic acids is 1. The maximum atomic E-state index is 11.1. The molecule has 0 saturated carbocycles. The van der Waals surface area contributed by atoms with E-state index in [1.807, 2.05) is 6.92 Å². The number of carboxylic acid groups (broad SMARTS) is 1. The first kappa shape index (κ1) is 13.2. The molecule has 1 aromatic carbocycles. The Balaban J connectivity index is 2.84. The molecule has 1 unspecified atom stereocenters. The first-order valence-electron chi connectivity index (χ1n) is 5.65. The maximum Gasteiger partial charge on any atom is 0.310 e. The minimum Gasteiger partial charge on any atom is -0.481 e. The molecule has 0 saturated heterocycles. The summed E-state index contributed by atoms with van der Waals surface area (Å²) in [6.07, 6.45) is 1.44. The van der Waals surface area contributed by atoms with Gasteiger partial charge in [0.2, 0.25) is 5.91 Å². The fourth-order valence-electron chi connectivity index (χ4n) is 1.72. The minimum atomic E-state index is -0.806. The Morgan fingerprint density at radius 3 is 2.29 bits per heavy atom. The van der Waals surface area contributed by atoms with Gasteiger partial charge in [0.15, 0.2) is 0 Å². The van der Waals surface area contributed by atoms with Crippen molar-refractivity contribution >= 4 is 17.6 Å². The molecule has 0 bridgehead atoms. The van der Waals surface area contributed by atoms with Crippen molar-refractivity contribution < 1.29 is 14.7 Å². The van der Waals surface area contributed by atoms with Gasteiger partial charge in [-0.05, 0) is 24.1 Å². The molecule has 1 aromatic rings. The maximum absolute atomic E-state index is 11.1. The van der Waals surface area contributed by atoms with Gasteiger partial charge in [-0.2, -0.15) is 0 Å². The molecule has 4 heteroatoms. The standard InChI is InChI=1S/C13H17NO3/c1-3-4-12(13(16)17)10-5-7-11(8-6-10)14-9(2)15/h5-8,12H,3-4H2,1-2H3,(H,14,15)(H,16,17). The zero-order valence-electron chi connectivity index (χ0n) is 10.1. The van der Waals surface area contributed by atoms with Crippen molar-refractivity contribution in [2.24, 2.45) is 0 Å². The third-order valence-electron chi connectivity index (χ3n) is 2.51. The van der Waals surface area contributed by atoms with Crippen LogP contribution in [0.1, 0.15) is 38.2 Å². The highest BCUT2D eigenvalue weighted by Gasteiger charge is 2.18. The van der Waals surface area contributed by atoms with Crippen molar-refractivity contribution in [2.75, 3.05) is 5.32 Å². The predicted octanol–water partition coefficient (Wildman–Crippen LogP) is 2.61. The Morgan fingerprint density at radius 2 is 1.88 bits per heavy atom. The monoisotopic (exact) mass is 235 g/mol. The summed E-state index contributed by atoms with van der Waals surface area (Å²) < 4.78 is 0. The normalized spacial score (nSPS) is 11.9. The Kier molecular flexibility index (Phi) is 4.69. The summed E-state index contributed by atoms with van der Waals surface area (Å²) in [6.45, 7) is 3.40. The van der Waals surface area contributed by atoms with E-state index >= 15 is 0 Å². The smallest absolute Gasteiger partial charge is 0.310 e. The van der Waals surface area contributed by atoms with Crippen LogP contribution in [-0.2, 0) is 9.59 Å². The van der Waals surface area contributed by atoms with Gasteiger partial charge < -0.3 is 10.4 Å². The van der Waals surface area contributed by atoms with Gasteiger partial charge in [-0.15, -0.1) is 0 Å². The molecule has 0 aliphatic carbocycles. The van der Waals surface area contributed by atoms with Crippen LogP contribution >= 0.6 is 0 Å². The summed E-state index contributed by atoms with van der Waals surface area (Å²) in [5, 5.41) is 11.7. The fraction of sp³-hybridized carbons (Fsp3) is 0.385. The minimum absolute atomic E-state index is 0.138. The highest BCUT2D eigenvalue weighted by atomic mass is 16.4. The highest BCUT2D eigenvalue weighted by molar-refractivity contribution is 5.88. The van der Waals surface area contributed by atoms with Crippen molar-refractivity contribution in [2.45, 2.75) is 32.6 Å². The number of carboxylic acids is 1. The molecule has 1 rings (SSSR count). The van der Waals surface area contributed by atoms with E-state index in [-0.39, 0.29) is 5.91 Å². The third-order valence-corrected chi connectivity index (χ3v) is 2.51. The SMILES string of the molecule is CCCC(C(=O)O)c1ccc(NC(C)=O)cc1. The molecule has 92 valence electrons. The van der Waals surface area contributed by atoms with E-state index in [1.165, 1.54) is 6.92 Å². The first-order chi connectivity index (χ1) is 8.04. The van der Waals surface area contributed by atoms with Crippen LogP contribution in [0.4, 0.5) is 5.69 Å². The van der Waals surface area contributed by atoms with Crippen LogP contribution in [0, 0.1) is 0 Å². The van der Waals surface area contributed by atoms with Gasteiger partial charge >= 0.3 is 5.97 Å². The molecular weight excluding hydrogens is 218 g/mol. The lowest BCUT2D eigenvalue weighted by Crippen LogP contribution is -2.11. The number of carbonyl (C=O) groups excluding carboxylic acids is 1. The number of carbonyl (C=O) groups is 2. The van der Waals surface area contributed by atoms with Gasteiger partial charge in [-0.1, -0.05) is 25.5 Å². The fourth-order valence-corrected chi connectivity index (χ4v) is 1.72. The zero-order valence-corrected chi connectivity index (χ0v) is 10.1. The number of nitrogens with one attached hydrogen (secondary N) is 1. The molecule has 1 amide bonds. The summed E-state index contributed by atoms with van der Waals surface area (Å²) in [5.41, 5.74) is 1.45. The summed E-state index contributed by atoms with van der Waals surface area (Å²) in [6, 6.07) is 6.95. The van der Waals surface area contributed by atoms with Crippen LogP contribution in [0.5, 0.6) is 0 Å². The number of benzene rings is 1. The number of anilines is 1. The summed E-state index contributed by atoms with van der Waals surface area (Å²) in [7, 11) is 0. The molecule has 0 aliphatic heterocycles. The lowest BCUT2D eigenvalue weighted by atomic mass is 9.94. The van der Waals surface area contributed by atoms with Crippen molar-refractivity contribution in [3.05, 3.63) is 29.8 Å². The van der Waals surface area contributed by atoms with Crippen molar-refractivity contribution in [3.63, 3.8) is 0 Å². The second-order valence-electron chi connectivity index (χ2n) is 3.98. The van der Waals surface area contributed by atoms with Crippen molar-refractivity contribution in [1.29, 1.82) is 0 Å². The van der Waals surface area contributed by atoms with Crippen molar-refractivity contribution in [1.82, 2.24) is 0 Å². The average molecular weight is 235 g/mol. The highest BCUT2D eigenvalue weighted by Crippen LogP contribution is 2.23. The number of hydrogen-bond donors (Lipinski definition) is 2. The molecule has 0 spiro atoms. The Hall–Kier alpha value is -1.84. The molecular formula is C13H17NO3. The van der Waals surface area contributed by atoms with E-state index in [9.17, 15) is 9.59 Å². The van der Waals surface area contributed by atoms with Gasteiger partial charge in [0.25, 0.3) is 0 Å². The van der Waals surface area contributed by atoms with E-state index < -0.39 is 11.9 Å². The molecule has 0 fully saturated rings. The van der Waals surface area contributed by atoms with Crippen molar-refractivity contribution in [3.8, 4) is 0 Å². The zero-order chi connectivity index (χ0) is 12.8. The Labute approximate surface area is 101 Å². The second-order valence-corrected chi connectivity index (χ2v) is 3.98. The quantitative estimate of drug-likeness (QED) is 0.824. The molecule has 0 aromatic heterocycles. The van der Waals surface area contributed by atoms with Crippen LogP contribution in [0.15, 0.2) is 24.3 Å². The van der Waals surface area contributed by atoms with Crippen LogP contribution in [0.2, 0.25) is 0 Å². The van der Waals surface area contributed by atoms with E-state index in [2.05, 4.69) is 5.32 Å². The topological polar surface area (TPSA) is 66.4 Å². The molecule has 0 heterocycles. The lowest BCUT2D eigenvalue weighted by molar-refractivity contribution is -0.139. The summed E-state index contributed by atoms with van der Waals surface area (Å²) in [4.78, 5) is 21.9. The summed E-state index contributed by atoms with van der Waals surface area (Å²) >= 11 is 0.